The van der Waals surface area contributed by atoms with Gasteiger partial charge < -0.3 is 5.11 Å². The molecule has 1 aliphatic carbocycles. The minimum atomic E-state index is -0.327. The van der Waals surface area contributed by atoms with E-state index >= 15 is 0 Å². The first kappa shape index (κ1) is 12.6. The van der Waals surface area contributed by atoms with E-state index in [4.69, 9.17) is 0 Å². The van der Waals surface area contributed by atoms with Gasteiger partial charge in [0.15, 0.2) is 0 Å². The second-order valence-electron chi connectivity index (χ2n) is 5.22. The predicted molar refractivity (Wildman–Crippen MR) is 68.6 cm³/mol. The Hall–Kier alpha value is -0.830. The van der Waals surface area contributed by atoms with Crippen LogP contribution < -0.4 is 0 Å². The number of hydrogen-bond donors (Lipinski definition) is 1. The standard InChI is InChI=1S/C14H24N2O/c1-3-11-6-5-7-12(10-11)14(17)13-8-9-15-16(13)4-2/h8-9,11-12,14,17H,3-7,10H2,1-2H3. The highest BCUT2D eigenvalue weighted by Crippen LogP contribution is 2.38. The maximum absolute atomic E-state index is 10.5. The van der Waals surface area contributed by atoms with Crippen LogP contribution in [-0.2, 0) is 6.54 Å². The van der Waals surface area contributed by atoms with Crippen molar-refractivity contribution in [3.8, 4) is 0 Å². The van der Waals surface area contributed by atoms with Crippen molar-refractivity contribution < 1.29 is 5.11 Å². The Morgan fingerprint density at radius 3 is 3.00 bits per heavy atom. The summed E-state index contributed by atoms with van der Waals surface area (Å²) in [5, 5.41) is 14.7. The maximum Gasteiger partial charge on any atom is 0.0984 e. The SMILES string of the molecule is CCC1CCCC(C(O)c2ccnn2CC)C1. The molecule has 1 aromatic heterocycles. The summed E-state index contributed by atoms with van der Waals surface area (Å²) < 4.78 is 1.92. The molecule has 1 fully saturated rings. The third-order valence-corrected chi connectivity index (χ3v) is 4.20. The van der Waals surface area contributed by atoms with Gasteiger partial charge >= 0.3 is 0 Å². The summed E-state index contributed by atoms with van der Waals surface area (Å²) in [6.45, 7) is 5.16. The fourth-order valence-corrected chi connectivity index (χ4v) is 3.09. The molecule has 0 bridgehead atoms. The van der Waals surface area contributed by atoms with Crippen LogP contribution in [0.1, 0.15) is 57.7 Å². The first-order valence-electron chi connectivity index (χ1n) is 6.96. The zero-order chi connectivity index (χ0) is 12.3. The van der Waals surface area contributed by atoms with E-state index in [0.29, 0.717) is 5.92 Å². The van der Waals surface area contributed by atoms with Gasteiger partial charge in [-0.3, -0.25) is 4.68 Å². The lowest BCUT2D eigenvalue weighted by Gasteiger charge is -2.31. The number of aromatic nitrogens is 2. The van der Waals surface area contributed by atoms with Gasteiger partial charge in [-0.05, 0) is 37.7 Å². The van der Waals surface area contributed by atoms with Gasteiger partial charge in [0.1, 0.15) is 0 Å². The molecule has 0 spiro atoms. The van der Waals surface area contributed by atoms with E-state index in [0.717, 1.165) is 24.6 Å². The van der Waals surface area contributed by atoms with Gasteiger partial charge in [-0.15, -0.1) is 0 Å². The van der Waals surface area contributed by atoms with E-state index in [2.05, 4.69) is 18.9 Å². The monoisotopic (exact) mass is 236 g/mol. The molecule has 0 aromatic carbocycles. The largest absolute Gasteiger partial charge is 0.387 e. The lowest BCUT2D eigenvalue weighted by Crippen LogP contribution is -2.23. The summed E-state index contributed by atoms with van der Waals surface area (Å²) in [5.41, 5.74) is 0.995. The van der Waals surface area contributed by atoms with Crippen molar-refractivity contribution in [3.05, 3.63) is 18.0 Å². The summed E-state index contributed by atoms with van der Waals surface area (Å²) in [4.78, 5) is 0. The van der Waals surface area contributed by atoms with Crippen molar-refractivity contribution in [1.82, 2.24) is 9.78 Å². The topological polar surface area (TPSA) is 38.1 Å². The van der Waals surface area contributed by atoms with Gasteiger partial charge in [0.05, 0.1) is 11.8 Å². The van der Waals surface area contributed by atoms with E-state index in [1.165, 1.54) is 25.7 Å². The predicted octanol–water partition coefficient (Wildman–Crippen LogP) is 3.15. The number of aliphatic hydroxyl groups is 1. The van der Waals surface area contributed by atoms with Crippen LogP contribution in [0.25, 0.3) is 0 Å². The Labute approximate surface area is 104 Å². The molecule has 0 radical (unpaired) electrons. The van der Waals surface area contributed by atoms with E-state index < -0.39 is 0 Å². The van der Waals surface area contributed by atoms with E-state index in [-0.39, 0.29) is 6.10 Å². The van der Waals surface area contributed by atoms with E-state index in [1.807, 2.05) is 10.7 Å². The van der Waals surface area contributed by atoms with Crippen LogP contribution in [0.3, 0.4) is 0 Å². The van der Waals surface area contributed by atoms with Gasteiger partial charge in [0, 0.05) is 12.7 Å². The number of hydrogen-bond acceptors (Lipinski definition) is 2. The van der Waals surface area contributed by atoms with Crippen LogP contribution in [0.4, 0.5) is 0 Å². The van der Waals surface area contributed by atoms with E-state index in [9.17, 15) is 5.11 Å². The molecular weight excluding hydrogens is 212 g/mol. The molecule has 1 aromatic rings. The second kappa shape index (κ2) is 5.67. The molecule has 2 rings (SSSR count). The van der Waals surface area contributed by atoms with Crippen LogP contribution in [0.15, 0.2) is 12.3 Å². The summed E-state index contributed by atoms with van der Waals surface area (Å²) in [6, 6.07) is 1.96. The summed E-state index contributed by atoms with van der Waals surface area (Å²) in [5.74, 6) is 1.23. The number of nitrogens with zero attached hydrogens (tertiary/aromatic N) is 2. The zero-order valence-corrected chi connectivity index (χ0v) is 11.0. The Morgan fingerprint density at radius 1 is 1.47 bits per heavy atom. The normalized spacial score (nSPS) is 27.0. The van der Waals surface area contributed by atoms with Crippen LogP contribution >= 0.6 is 0 Å². The van der Waals surface area contributed by atoms with E-state index in [1.54, 1.807) is 6.20 Å². The lowest BCUT2D eigenvalue weighted by atomic mass is 9.77. The van der Waals surface area contributed by atoms with Gasteiger partial charge in [-0.25, -0.2) is 0 Å². The van der Waals surface area contributed by atoms with Crippen molar-refractivity contribution in [2.75, 3.05) is 0 Å². The molecule has 96 valence electrons. The smallest absolute Gasteiger partial charge is 0.0984 e. The van der Waals surface area contributed by atoms with Crippen molar-refractivity contribution in [2.24, 2.45) is 11.8 Å². The Balaban J connectivity index is 2.06. The molecule has 1 aliphatic rings. The van der Waals surface area contributed by atoms with Crippen LogP contribution in [-0.4, -0.2) is 14.9 Å². The highest BCUT2D eigenvalue weighted by Gasteiger charge is 2.28. The average Bonchev–Trinajstić information content (AvgIpc) is 2.86. The lowest BCUT2D eigenvalue weighted by molar-refractivity contribution is 0.0608. The van der Waals surface area contributed by atoms with Gasteiger partial charge in [0.25, 0.3) is 0 Å². The summed E-state index contributed by atoms with van der Waals surface area (Å²) in [7, 11) is 0. The molecule has 3 unspecified atom stereocenters. The maximum atomic E-state index is 10.5. The number of rotatable bonds is 4. The second-order valence-corrected chi connectivity index (χ2v) is 5.22. The van der Waals surface area contributed by atoms with Crippen LogP contribution in [0.2, 0.25) is 0 Å². The van der Waals surface area contributed by atoms with Gasteiger partial charge in [-0.2, -0.15) is 5.10 Å². The summed E-state index contributed by atoms with van der Waals surface area (Å²) >= 11 is 0. The quantitative estimate of drug-likeness (QED) is 0.872. The Bertz CT molecular complexity index is 348. The highest BCUT2D eigenvalue weighted by atomic mass is 16.3. The minimum Gasteiger partial charge on any atom is -0.387 e. The molecule has 1 saturated carbocycles. The molecular formula is C14H24N2O. The van der Waals surface area contributed by atoms with Crippen molar-refractivity contribution in [2.45, 2.75) is 58.6 Å². The van der Waals surface area contributed by atoms with Crippen molar-refractivity contribution >= 4 is 0 Å². The Kier molecular flexibility index (Phi) is 4.21. The molecule has 0 aliphatic heterocycles. The highest BCUT2D eigenvalue weighted by molar-refractivity contribution is 5.06. The molecule has 3 atom stereocenters. The number of aryl methyl sites for hydroxylation is 1. The molecule has 17 heavy (non-hydrogen) atoms. The van der Waals surface area contributed by atoms with Gasteiger partial charge in [0.2, 0.25) is 0 Å². The first-order valence-corrected chi connectivity index (χ1v) is 6.96. The third kappa shape index (κ3) is 2.71. The molecule has 1 N–H and O–H groups in total. The molecule has 3 heteroatoms. The average molecular weight is 236 g/mol. The first-order chi connectivity index (χ1) is 8.26. The minimum absolute atomic E-state index is 0.327. The zero-order valence-electron chi connectivity index (χ0n) is 11.0. The third-order valence-electron chi connectivity index (χ3n) is 4.20. The Morgan fingerprint density at radius 2 is 2.29 bits per heavy atom. The van der Waals surface area contributed by atoms with Gasteiger partial charge in [-0.1, -0.05) is 26.2 Å². The molecule has 3 nitrogen and oxygen atoms in total. The molecule has 0 amide bonds. The van der Waals surface area contributed by atoms with Crippen LogP contribution in [0.5, 0.6) is 0 Å². The van der Waals surface area contributed by atoms with Crippen LogP contribution in [0, 0.1) is 11.8 Å². The molecule has 0 saturated heterocycles. The summed E-state index contributed by atoms with van der Waals surface area (Å²) in [6.07, 6.45) is 7.65. The fraction of sp³-hybridized carbons (Fsp3) is 0.786. The van der Waals surface area contributed by atoms with Crippen molar-refractivity contribution in [3.63, 3.8) is 0 Å². The fourth-order valence-electron chi connectivity index (χ4n) is 3.09. The van der Waals surface area contributed by atoms with Crippen molar-refractivity contribution in [1.29, 1.82) is 0 Å². The molecule has 1 heterocycles. The number of aliphatic hydroxyl groups excluding tert-OH is 1.